The number of aliphatic carboxylic acids is 1. The summed E-state index contributed by atoms with van der Waals surface area (Å²) < 4.78 is 25.3. The van der Waals surface area contributed by atoms with Crippen LogP contribution in [-0.4, -0.2) is 46.4 Å². The van der Waals surface area contributed by atoms with Gasteiger partial charge in [0, 0.05) is 11.6 Å². The molecule has 3 rings (SSSR count). The molecule has 2 atom stereocenters. The smallest absolute Gasteiger partial charge is 0.307 e. The molecule has 0 bridgehead atoms. The van der Waals surface area contributed by atoms with Gasteiger partial charge >= 0.3 is 5.97 Å². The maximum atomic E-state index is 12.0. The molecule has 0 spiro atoms. The van der Waals surface area contributed by atoms with E-state index >= 15 is 0 Å². The van der Waals surface area contributed by atoms with Gasteiger partial charge in [-0.3, -0.25) is 9.52 Å². The van der Waals surface area contributed by atoms with Gasteiger partial charge in [-0.1, -0.05) is 55.0 Å². The molecule has 1 aromatic heterocycles. The van der Waals surface area contributed by atoms with Crippen molar-refractivity contribution < 1.29 is 18.3 Å². The summed E-state index contributed by atoms with van der Waals surface area (Å²) in [7, 11) is -3.36. The Bertz CT molecular complexity index is 1110. The Labute approximate surface area is 181 Å². The second kappa shape index (κ2) is 9.69. The molecule has 3 aromatic rings. The summed E-state index contributed by atoms with van der Waals surface area (Å²) in [4.78, 5) is 12.0. The molecule has 9 nitrogen and oxygen atoms in total. The van der Waals surface area contributed by atoms with Crippen molar-refractivity contribution in [3.8, 4) is 11.1 Å². The SMILES string of the molecule is CCCC(C(=O)O)C(Cc1ccccc1-c1ccc(NS(C)(=O)=O)cc1)c1nn[nH]n1. The van der Waals surface area contributed by atoms with E-state index in [1.165, 1.54) is 0 Å². The number of anilines is 1. The Hall–Kier alpha value is -3.27. The average molecular weight is 444 g/mol. The molecule has 0 aliphatic carbocycles. The number of hydrogen-bond donors (Lipinski definition) is 3. The molecule has 164 valence electrons. The van der Waals surface area contributed by atoms with Gasteiger partial charge in [-0.15, -0.1) is 10.2 Å². The third-order valence-corrected chi connectivity index (χ3v) is 5.66. The molecular weight excluding hydrogens is 418 g/mol. The largest absolute Gasteiger partial charge is 0.481 e. The van der Waals surface area contributed by atoms with Gasteiger partial charge in [-0.05, 0) is 41.7 Å². The van der Waals surface area contributed by atoms with Gasteiger partial charge in [0.2, 0.25) is 10.0 Å². The van der Waals surface area contributed by atoms with Gasteiger partial charge in [0.1, 0.15) is 0 Å². The van der Waals surface area contributed by atoms with Crippen LogP contribution in [0, 0.1) is 5.92 Å². The first-order valence-electron chi connectivity index (χ1n) is 9.90. The molecule has 0 radical (unpaired) electrons. The number of rotatable bonds is 10. The Balaban J connectivity index is 1.95. The zero-order chi connectivity index (χ0) is 22.4. The zero-order valence-corrected chi connectivity index (χ0v) is 18.1. The first-order chi connectivity index (χ1) is 14.8. The van der Waals surface area contributed by atoms with Crippen LogP contribution in [0.2, 0.25) is 0 Å². The van der Waals surface area contributed by atoms with E-state index in [1.807, 2.05) is 43.3 Å². The van der Waals surface area contributed by atoms with Crippen LogP contribution in [0.1, 0.15) is 37.1 Å². The quantitative estimate of drug-likeness (QED) is 0.438. The molecule has 0 aliphatic heterocycles. The van der Waals surface area contributed by atoms with Crippen molar-refractivity contribution in [2.75, 3.05) is 11.0 Å². The van der Waals surface area contributed by atoms with Crippen molar-refractivity contribution in [3.05, 3.63) is 59.9 Å². The van der Waals surface area contributed by atoms with Crippen molar-refractivity contribution in [1.82, 2.24) is 20.6 Å². The van der Waals surface area contributed by atoms with Crippen molar-refractivity contribution in [2.24, 2.45) is 5.92 Å². The molecule has 0 amide bonds. The number of H-pyrrole nitrogens is 1. The number of hydrogen-bond acceptors (Lipinski definition) is 6. The molecule has 2 aromatic carbocycles. The van der Waals surface area contributed by atoms with Crippen molar-refractivity contribution in [2.45, 2.75) is 32.1 Å². The van der Waals surface area contributed by atoms with Crippen molar-refractivity contribution >= 4 is 21.7 Å². The van der Waals surface area contributed by atoms with Crippen LogP contribution >= 0.6 is 0 Å². The van der Waals surface area contributed by atoms with E-state index in [2.05, 4.69) is 25.3 Å². The number of benzene rings is 2. The lowest BCUT2D eigenvalue weighted by Crippen LogP contribution is -2.25. The Morgan fingerprint density at radius 2 is 1.87 bits per heavy atom. The van der Waals surface area contributed by atoms with Crippen LogP contribution in [-0.2, 0) is 21.2 Å². The first kappa shape index (κ1) is 22.4. The zero-order valence-electron chi connectivity index (χ0n) is 17.3. The van der Waals surface area contributed by atoms with Crippen LogP contribution in [0.4, 0.5) is 5.69 Å². The van der Waals surface area contributed by atoms with E-state index in [1.54, 1.807) is 12.1 Å². The molecule has 0 saturated heterocycles. The second-order valence-electron chi connectivity index (χ2n) is 7.42. The Kier molecular flexibility index (Phi) is 7.01. The molecule has 0 saturated carbocycles. The third-order valence-electron chi connectivity index (χ3n) is 5.05. The highest BCUT2D eigenvalue weighted by atomic mass is 32.2. The predicted molar refractivity (Wildman–Crippen MR) is 117 cm³/mol. The summed E-state index contributed by atoms with van der Waals surface area (Å²) >= 11 is 0. The normalized spacial score (nSPS) is 13.5. The fourth-order valence-corrected chi connectivity index (χ4v) is 4.26. The van der Waals surface area contributed by atoms with Crippen molar-refractivity contribution in [3.63, 3.8) is 0 Å². The van der Waals surface area contributed by atoms with E-state index in [0.717, 1.165) is 29.4 Å². The number of tetrazole rings is 1. The number of carboxylic acids is 1. The van der Waals surface area contributed by atoms with Gasteiger partial charge in [-0.2, -0.15) is 5.21 Å². The maximum absolute atomic E-state index is 12.0. The number of carboxylic acid groups (broad SMARTS) is 1. The number of carbonyl (C=O) groups is 1. The Morgan fingerprint density at radius 3 is 2.45 bits per heavy atom. The van der Waals surface area contributed by atoms with E-state index in [9.17, 15) is 18.3 Å². The molecular formula is C21H25N5O4S. The minimum absolute atomic E-state index is 0.378. The fraction of sp³-hybridized carbons (Fsp3) is 0.333. The van der Waals surface area contributed by atoms with E-state index in [-0.39, 0.29) is 0 Å². The average Bonchev–Trinajstić information content (AvgIpc) is 3.25. The van der Waals surface area contributed by atoms with Gasteiger partial charge in [0.05, 0.1) is 12.2 Å². The standard InChI is InChI=1S/C21H25N5O4S/c1-3-6-18(21(27)28)19(20-22-25-26-23-20)13-15-7-4-5-8-17(15)14-9-11-16(12-10-14)24-31(2,29)30/h4-5,7-12,18-19,24H,3,6,13H2,1-2H3,(H,27,28)(H,22,23,25,26). The lowest BCUT2D eigenvalue weighted by molar-refractivity contribution is -0.142. The molecule has 1 heterocycles. The van der Waals surface area contributed by atoms with E-state index in [0.29, 0.717) is 24.4 Å². The van der Waals surface area contributed by atoms with Gasteiger partial charge in [0.25, 0.3) is 0 Å². The van der Waals surface area contributed by atoms with Crippen molar-refractivity contribution in [1.29, 1.82) is 0 Å². The van der Waals surface area contributed by atoms with Crippen LogP contribution in [0.5, 0.6) is 0 Å². The van der Waals surface area contributed by atoms with Crippen LogP contribution in [0.3, 0.4) is 0 Å². The number of aromatic amines is 1. The summed E-state index contributed by atoms with van der Waals surface area (Å²) in [6.07, 6.45) is 2.75. The summed E-state index contributed by atoms with van der Waals surface area (Å²) in [6.45, 7) is 1.95. The fourth-order valence-electron chi connectivity index (χ4n) is 3.70. The second-order valence-corrected chi connectivity index (χ2v) is 9.17. The molecule has 0 fully saturated rings. The van der Waals surface area contributed by atoms with E-state index in [4.69, 9.17) is 0 Å². The summed E-state index contributed by atoms with van der Waals surface area (Å²) in [5.41, 5.74) is 3.25. The van der Waals surface area contributed by atoms with Gasteiger partial charge in [0.15, 0.2) is 5.82 Å². The molecule has 2 unspecified atom stereocenters. The summed E-state index contributed by atoms with van der Waals surface area (Å²) in [6, 6.07) is 14.8. The monoisotopic (exact) mass is 443 g/mol. The van der Waals surface area contributed by atoms with Crippen LogP contribution in [0.15, 0.2) is 48.5 Å². The highest BCUT2D eigenvalue weighted by Crippen LogP contribution is 2.34. The number of nitrogens with one attached hydrogen (secondary N) is 2. The highest BCUT2D eigenvalue weighted by Gasteiger charge is 2.32. The van der Waals surface area contributed by atoms with Crippen LogP contribution in [0.25, 0.3) is 11.1 Å². The Morgan fingerprint density at radius 1 is 1.16 bits per heavy atom. The molecule has 0 aliphatic rings. The van der Waals surface area contributed by atoms with Crippen LogP contribution < -0.4 is 4.72 Å². The lowest BCUT2D eigenvalue weighted by atomic mass is 9.81. The molecule has 31 heavy (non-hydrogen) atoms. The highest BCUT2D eigenvalue weighted by molar-refractivity contribution is 7.92. The topological polar surface area (TPSA) is 138 Å². The number of aromatic nitrogens is 4. The molecule has 3 N–H and O–H groups in total. The summed E-state index contributed by atoms with van der Waals surface area (Å²) in [5.74, 6) is -1.59. The summed E-state index contributed by atoms with van der Waals surface area (Å²) in [5, 5.41) is 24.0. The number of nitrogens with zero attached hydrogens (tertiary/aromatic N) is 3. The lowest BCUT2D eigenvalue weighted by Gasteiger charge is -2.22. The first-order valence-corrected chi connectivity index (χ1v) is 11.8. The minimum Gasteiger partial charge on any atom is -0.481 e. The molecule has 10 heteroatoms. The van der Waals surface area contributed by atoms with E-state index < -0.39 is 27.8 Å². The minimum atomic E-state index is -3.36. The number of sulfonamides is 1. The maximum Gasteiger partial charge on any atom is 0.307 e. The van der Waals surface area contributed by atoms with Gasteiger partial charge < -0.3 is 5.11 Å². The predicted octanol–water partition coefficient (Wildman–Crippen LogP) is 3.07. The van der Waals surface area contributed by atoms with Gasteiger partial charge in [-0.25, -0.2) is 8.42 Å². The third kappa shape index (κ3) is 5.88.